The molecule has 0 bridgehead atoms. The van der Waals surface area contributed by atoms with Crippen LogP contribution in [0.5, 0.6) is 0 Å². The van der Waals surface area contributed by atoms with E-state index in [9.17, 15) is 0 Å². The standard InChI is InChI=1S/C14H19N/c1-2-3-4-5-6-10-13-15-14-11-8-7-9-12-14/h6-13H,2-5H2,1H3/b10-6+,15-13?. The molecular weight excluding hydrogens is 182 g/mol. The molecule has 0 N–H and O–H groups in total. The van der Waals surface area contributed by atoms with Crippen LogP contribution in [0.1, 0.15) is 32.6 Å². The van der Waals surface area contributed by atoms with Gasteiger partial charge in [0.15, 0.2) is 0 Å². The van der Waals surface area contributed by atoms with Crippen molar-refractivity contribution in [2.45, 2.75) is 32.6 Å². The fraction of sp³-hybridized carbons (Fsp3) is 0.357. The molecule has 0 atom stereocenters. The Labute approximate surface area is 92.6 Å². The lowest BCUT2D eigenvalue weighted by atomic mass is 10.2. The molecule has 0 fully saturated rings. The van der Waals surface area contributed by atoms with Crippen LogP contribution in [-0.2, 0) is 0 Å². The molecule has 0 spiro atoms. The first kappa shape index (κ1) is 11.7. The number of allylic oxidation sites excluding steroid dienone is 2. The molecule has 0 aromatic heterocycles. The predicted molar refractivity (Wildman–Crippen MR) is 67.9 cm³/mol. The molecule has 15 heavy (non-hydrogen) atoms. The van der Waals surface area contributed by atoms with Crippen molar-refractivity contribution < 1.29 is 0 Å². The van der Waals surface area contributed by atoms with Gasteiger partial charge in [0.05, 0.1) is 5.69 Å². The molecule has 0 saturated carbocycles. The summed E-state index contributed by atoms with van der Waals surface area (Å²) in [6.45, 7) is 2.22. The minimum atomic E-state index is 1.01. The van der Waals surface area contributed by atoms with E-state index < -0.39 is 0 Å². The Hall–Kier alpha value is -1.37. The van der Waals surface area contributed by atoms with Crippen molar-refractivity contribution in [3.63, 3.8) is 0 Å². The minimum absolute atomic E-state index is 1.01. The molecule has 80 valence electrons. The average Bonchev–Trinajstić information content (AvgIpc) is 2.29. The molecule has 1 heteroatoms. The second-order valence-electron chi connectivity index (χ2n) is 3.54. The van der Waals surface area contributed by atoms with E-state index in [4.69, 9.17) is 0 Å². The number of nitrogens with zero attached hydrogens (tertiary/aromatic N) is 1. The van der Waals surface area contributed by atoms with Crippen LogP contribution in [0.15, 0.2) is 47.5 Å². The molecule has 0 aliphatic rings. The highest BCUT2D eigenvalue weighted by atomic mass is 14.7. The number of hydrogen-bond donors (Lipinski definition) is 0. The van der Waals surface area contributed by atoms with Crippen molar-refractivity contribution in [3.8, 4) is 0 Å². The Morgan fingerprint density at radius 1 is 1.13 bits per heavy atom. The number of rotatable bonds is 6. The van der Waals surface area contributed by atoms with Crippen LogP contribution < -0.4 is 0 Å². The summed E-state index contributed by atoms with van der Waals surface area (Å²) in [5.41, 5.74) is 1.01. The third-order valence-corrected chi connectivity index (χ3v) is 2.18. The number of benzene rings is 1. The molecule has 0 heterocycles. The molecule has 0 aliphatic carbocycles. The zero-order chi connectivity index (χ0) is 10.8. The van der Waals surface area contributed by atoms with Crippen molar-refractivity contribution >= 4 is 11.9 Å². The lowest BCUT2D eigenvalue weighted by molar-refractivity contribution is 0.729. The van der Waals surface area contributed by atoms with E-state index in [0.29, 0.717) is 0 Å². The van der Waals surface area contributed by atoms with Crippen molar-refractivity contribution in [2.75, 3.05) is 0 Å². The molecule has 1 aromatic carbocycles. The van der Waals surface area contributed by atoms with Gasteiger partial charge in [0.2, 0.25) is 0 Å². The molecular formula is C14H19N. The number of unbranched alkanes of at least 4 members (excludes halogenated alkanes) is 3. The van der Waals surface area contributed by atoms with Crippen LogP contribution in [0.2, 0.25) is 0 Å². The van der Waals surface area contributed by atoms with Crippen molar-refractivity contribution in [1.29, 1.82) is 0 Å². The smallest absolute Gasteiger partial charge is 0.0629 e. The molecule has 1 aromatic rings. The summed E-state index contributed by atoms with van der Waals surface area (Å²) < 4.78 is 0. The highest BCUT2D eigenvalue weighted by Crippen LogP contribution is 2.08. The van der Waals surface area contributed by atoms with Crippen LogP contribution in [0.4, 0.5) is 5.69 Å². The lowest BCUT2D eigenvalue weighted by Crippen LogP contribution is -1.71. The molecule has 0 unspecified atom stereocenters. The normalized spacial score (nSPS) is 11.5. The Morgan fingerprint density at radius 2 is 1.93 bits per heavy atom. The van der Waals surface area contributed by atoms with Gasteiger partial charge >= 0.3 is 0 Å². The molecule has 0 saturated heterocycles. The summed E-state index contributed by atoms with van der Waals surface area (Å²) in [6, 6.07) is 10.00. The fourth-order valence-corrected chi connectivity index (χ4v) is 1.31. The summed E-state index contributed by atoms with van der Waals surface area (Å²) in [5, 5.41) is 0. The zero-order valence-electron chi connectivity index (χ0n) is 9.39. The zero-order valence-corrected chi connectivity index (χ0v) is 9.39. The van der Waals surface area contributed by atoms with Crippen LogP contribution in [-0.4, -0.2) is 6.21 Å². The molecule has 0 amide bonds. The average molecular weight is 201 g/mol. The van der Waals surface area contributed by atoms with Gasteiger partial charge in [0.25, 0.3) is 0 Å². The van der Waals surface area contributed by atoms with E-state index in [1.54, 1.807) is 0 Å². The van der Waals surface area contributed by atoms with E-state index in [-0.39, 0.29) is 0 Å². The van der Waals surface area contributed by atoms with Gasteiger partial charge in [-0.05, 0) is 31.1 Å². The number of hydrogen-bond acceptors (Lipinski definition) is 1. The van der Waals surface area contributed by atoms with Crippen LogP contribution in [0.25, 0.3) is 0 Å². The minimum Gasteiger partial charge on any atom is -0.257 e. The summed E-state index contributed by atoms with van der Waals surface area (Å²) in [4.78, 5) is 4.31. The van der Waals surface area contributed by atoms with Gasteiger partial charge in [-0.3, -0.25) is 4.99 Å². The molecule has 0 aliphatic heterocycles. The van der Waals surface area contributed by atoms with Gasteiger partial charge in [0.1, 0.15) is 0 Å². The van der Waals surface area contributed by atoms with E-state index in [0.717, 1.165) is 12.1 Å². The second-order valence-corrected chi connectivity index (χ2v) is 3.54. The first-order valence-corrected chi connectivity index (χ1v) is 5.67. The van der Waals surface area contributed by atoms with Gasteiger partial charge < -0.3 is 0 Å². The van der Waals surface area contributed by atoms with E-state index in [1.165, 1.54) is 19.3 Å². The summed E-state index contributed by atoms with van der Waals surface area (Å²) in [5.74, 6) is 0. The SMILES string of the molecule is CCCCC/C=C/C=Nc1ccccc1. The van der Waals surface area contributed by atoms with Gasteiger partial charge in [-0.2, -0.15) is 0 Å². The van der Waals surface area contributed by atoms with E-state index in [1.807, 2.05) is 42.6 Å². The Kier molecular flexibility index (Phi) is 6.23. The quantitative estimate of drug-likeness (QED) is 0.474. The van der Waals surface area contributed by atoms with E-state index in [2.05, 4.69) is 18.0 Å². The maximum atomic E-state index is 4.31. The maximum absolute atomic E-state index is 4.31. The van der Waals surface area contributed by atoms with Crippen LogP contribution in [0, 0.1) is 0 Å². The Morgan fingerprint density at radius 3 is 2.67 bits per heavy atom. The molecule has 0 radical (unpaired) electrons. The third kappa shape index (κ3) is 5.84. The largest absolute Gasteiger partial charge is 0.257 e. The van der Waals surface area contributed by atoms with E-state index >= 15 is 0 Å². The van der Waals surface area contributed by atoms with Gasteiger partial charge in [-0.1, -0.05) is 44.0 Å². The highest BCUT2D eigenvalue weighted by Gasteiger charge is 1.82. The molecule has 1 rings (SSSR count). The topological polar surface area (TPSA) is 12.4 Å². The second kappa shape index (κ2) is 7.98. The van der Waals surface area contributed by atoms with Crippen molar-refractivity contribution in [2.24, 2.45) is 4.99 Å². The maximum Gasteiger partial charge on any atom is 0.0629 e. The Bertz CT molecular complexity index is 298. The lowest BCUT2D eigenvalue weighted by Gasteiger charge is -1.90. The van der Waals surface area contributed by atoms with Gasteiger partial charge in [-0.25, -0.2) is 0 Å². The first-order chi connectivity index (χ1) is 7.43. The van der Waals surface area contributed by atoms with Crippen LogP contribution >= 0.6 is 0 Å². The van der Waals surface area contributed by atoms with Gasteiger partial charge in [0, 0.05) is 6.21 Å². The van der Waals surface area contributed by atoms with Gasteiger partial charge in [-0.15, -0.1) is 0 Å². The summed E-state index contributed by atoms with van der Waals surface area (Å²) in [6.07, 6.45) is 11.1. The number of aliphatic imine (C=N–C) groups is 1. The van der Waals surface area contributed by atoms with Crippen molar-refractivity contribution in [1.82, 2.24) is 0 Å². The van der Waals surface area contributed by atoms with Crippen LogP contribution in [0.3, 0.4) is 0 Å². The summed E-state index contributed by atoms with van der Waals surface area (Å²) >= 11 is 0. The summed E-state index contributed by atoms with van der Waals surface area (Å²) in [7, 11) is 0. The third-order valence-electron chi connectivity index (χ3n) is 2.18. The fourth-order valence-electron chi connectivity index (χ4n) is 1.31. The molecule has 1 nitrogen and oxygen atoms in total. The Balaban J connectivity index is 2.22. The van der Waals surface area contributed by atoms with Crippen molar-refractivity contribution in [3.05, 3.63) is 42.5 Å². The number of para-hydroxylation sites is 1. The first-order valence-electron chi connectivity index (χ1n) is 5.67. The highest BCUT2D eigenvalue weighted by molar-refractivity contribution is 5.74. The predicted octanol–water partition coefficient (Wildman–Crippen LogP) is 4.53. The monoisotopic (exact) mass is 201 g/mol.